The van der Waals surface area contributed by atoms with Gasteiger partial charge in [-0.2, -0.15) is 0 Å². The second-order valence-corrected chi connectivity index (χ2v) is 6.21. The van der Waals surface area contributed by atoms with Crippen molar-refractivity contribution in [1.82, 2.24) is 10.6 Å². The van der Waals surface area contributed by atoms with Crippen LogP contribution in [0, 0.1) is 5.41 Å². The Labute approximate surface area is 129 Å². The Morgan fingerprint density at radius 1 is 1.00 bits per heavy atom. The van der Waals surface area contributed by atoms with Gasteiger partial charge in [-0.3, -0.25) is 9.59 Å². The highest BCUT2D eigenvalue weighted by atomic mass is 16.3. The van der Waals surface area contributed by atoms with E-state index >= 15 is 0 Å². The standard InChI is InChI=1S/C15H22N2O5/c1-15(2,3)8-12(20)16-4-5-17-14(22)9-6-10(18)13(21)11(19)7-9/h6-7,18-19,21H,4-5,8H2,1-3H3,(H,16,20)(H,17,22). The van der Waals surface area contributed by atoms with Crippen LogP contribution in [-0.4, -0.2) is 40.2 Å². The van der Waals surface area contributed by atoms with Crippen molar-refractivity contribution in [2.75, 3.05) is 13.1 Å². The summed E-state index contributed by atoms with van der Waals surface area (Å²) in [6, 6.07) is 2.09. The molecular weight excluding hydrogens is 288 g/mol. The van der Waals surface area contributed by atoms with Gasteiger partial charge in [0.2, 0.25) is 5.91 Å². The Kier molecular flexibility index (Phi) is 5.62. The van der Waals surface area contributed by atoms with Gasteiger partial charge in [0.25, 0.3) is 5.91 Å². The third-order valence-electron chi connectivity index (χ3n) is 2.76. The average molecular weight is 310 g/mol. The molecule has 0 aliphatic rings. The van der Waals surface area contributed by atoms with Crippen LogP contribution in [0.4, 0.5) is 0 Å². The Hall–Kier alpha value is -2.44. The van der Waals surface area contributed by atoms with Crippen LogP contribution in [0.3, 0.4) is 0 Å². The van der Waals surface area contributed by atoms with Crippen LogP contribution in [0.25, 0.3) is 0 Å². The second-order valence-electron chi connectivity index (χ2n) is 6.21. The molecular formula is C15H22N2O5. The zero-order valence-electron chi connectivity index (χ0n) is 12.9. The lowest BCUT2D eigenvalue weighted by Crippen LogP contribution is -2.35. The predicted octanol–water partition coefficient (Wildman–Crippen LogP) is 1.09. The quantitative estimate of drug-likeness (QED) is 0.412. The topological polar surface area (TPSA) is 119 Å². The van der Waals surface area contributed by atoms with E-state index in [1.807, 2.05) is 20.8 Å². The molecule has 0 heterocycles. The summed E-state index contributed by atoms with van der Waals surface area (Å²) in [4.78, 5) is 23.4. The minimum Gasteiger partial charge on any atom is -0.504 e. The third kappa shape index (κ3) is 5.51. The van der Waals surface area contributed by atoms with Gasteiger partial charge in [-0.05, 0) is 17.5 Å². The highest BCUT2D eigenvalue weighted by Gasteiger charge is 2.16. The molecule has 0 atom stereocenters. The largest absolute Gasteiger partial charge is 0.504 e. The number of amides is 2. The summed E-state index contributed by atoms with van der Waals surface area (Å²) >= 11 is 0. The van der Waals surface area contributed by atoms with Crippen LogP contribution in [-0.2, 0) is 4.79 Å². The SMILES string of the molecule is CC(C)(C)CC(=O)NCCNC(=O)c1cc(O)c(O)c(O)c1. The van der Waals surface area contributed by atoms with E-state index in [-0.39, 0.29) is 30.0 Å². The lowest BCUT2D eigenvalue weighted by molar-refractivity contribution is -0.122. The molecule has 1 aromatic carbocycles. The maximum atomic E-state index is 11.8. The third-order valence-corrected chi connectivity index (χ3v) is 2.76. The van der Waals surface area contributed by atoms with Gasteiger partial charge in [0.1, 0.15) is 0 Å². The molecule has 0 spiro atoms. The first-order valence-corrected chi connectivity index (χ1v) is 6.90. The van der Waals surface area contributed by atoms with Crippen molar-refractivity contribution < 1.29 is 24.9 Å². The number of phenols is 3. The van der Waals surface area contributed by atoms with Crippen LogP contribution in [0.1, 0.15) is 37.6 Å². The van der Waals surface area contributed by atoms with E-state index in [0.717, 1.165) is 12.1 Å². The molecule has 122 valence electrons. The fourth-order valence-electron chi connectivity index (χ4n) is 1.76. The maximum Gasteiger partial charge on any atom is 0.251 e. The van der Waals surface area contributed by atoms with Crippen molar-refractivity contribution in [2.24, 2.45) is 5.41 Å². The summed E-state index contributed by atoms with van der Waals surface area (Å²) < 4.78 is 0. The summed E-state index contributed by atoms with van der Waals surface area (Å²) in [6.07, 6.45) is 0.390. The Morgan fingerprint density at radius 3 is 2.00 bits per heavy atom. The van der Waals surface area contributed by atoms with Crippen molar-refractivity contribution >= 4 is 11.8 Å². The molecule has 0 aliphatic heterocycles. The summed E-state index contributed by atoms with van der Waals surface area (Å²) in [5.41, 5.74) is -0.0946. The van der Waals surface area contributed by atoms with E-state index in [1.54, 1.807) is 0 Å². The zero-order chi connectivity index (χ0) is 16.9. The summed E-state index contributed by atoms with van der Waals surface area (Å²) in [5, 5.41) is 33.1. The first kappa shape index (κ1) is 17.6. The Balaban J connectivity index is 2.43. The summed E-state index contributed by atoms with van der Waals surface area (Å²) in [6.45, 7) is 6.35. The Bertz CT molecular complexity index is 541. The molecule has 0 unspecified atom stereocenters. The molecule has 0 saturated heterocycles. The minimum absolute atomic E-state index is 0.00816. The van der Waals surface area contributed by atoms with Crippen molar-refractivity contribution in [3.63, 3.8) is 0 Å². The van der Waals surface area contributed by atoms with Crippen LogP contribution in [0.15, 0.2) is 12.1 Å². The van der Waals surface area contributed by atoms with Gasteiger partial charge >= 0.3 is 0 Å². The van der Waals surface area contributed by atoms with Crippen molar-refractivity contribution in [3.05, 3.63) is 17.7 Å². The van der Waals surface area contributed by atoms with E-state index in [4.69, 9.17) is 0 Å². The van der Waals surface area contributed by atoms with E-state index in [0.29, 0.717) is 6.42 Å². The smallest absolute Gasteiger partial charge is 0.251 e. The molecule has 1 aromatic rings. The molecule has 0 radical (unpaired) electrons. The number of nitrogens with one attached hydrogen (secondary N) is 2. The lowest BCUT2D eigenvalue weighted by atomic mass is 9.92. The number of aromatic hydroxyl groups is 3. The van der Waals surface area contributed by atoms with Gasteiger partial charge < -0.3 is 26.0 Å². The number of phenolic OH excluding ortho intramolecular Hbond substituents is 3. The molecule has 7 heteroatoms. The van der Waals surface area contributed by atoms with E-state index < -0.39 is 23.2 Å². The minimum atomic E-state index is -0.675. The fraction of sp³-hybridized carbons (Fsp3) is 0.467. The fourth-order valence-corrected chi connectivity index (χ4v) is 1.76. The number of hydrogen-bond donors (Lipinski definition) is 5. The molecule has 5 N–H and O–H groups in total. The zero-order valence-corrected chi connectivity index (χ0v) is 12.9. The van der Waals surface area contributed by atoms with Crippen LogP contribution in [0.5, 0.6) is 17.2 Å². The molecule has 0 fully saturated rings. The molecule has 2 amide bonds. The highest BCUT2D eigenvalue weighted by Crippen LogP contribution is 2.35. The predicted molar refractivity (Wildman–Crippen MR) is 80.9 cm³/mol. The Morgan fingerprint density at radius 2 is 1.50 bits per heavy atom. The lowest BCUT2D eigenvalue weighted by Gasteiger charge is -2.17. The van der Waals surface area contributed by atoms with Gasteiger partial charge in [-0.1, -0.05) is 20.8 Å². The molecule has 0 saturated carbocycles. The van der Waals surface area contributed by atoms with Crippen LogP contribution < -0.4 is 10.6 Å². The van der Waals surface area contributed by atoms with Gasteiger partial charge in [-0.25, -0.2) is 0 Å². The number of carbonyl (C=O) groups is 2. The number of benzene rings is 1. The first-order valence-electron chi connectivity index (χ1n) is 6.90. The van der Waals surface area contributed by atoms with E-state index in [1.165, 1.54) is 0 Å². The van der Waals surface area contributed by atoms with E-state index in [2.05, 4.69) is 10.6 Å². The average Bonchev–Trinajstić information content (AvgIpc) is 2.38. The molecule has 22 heavy (non-hydrogen) atoms. The number of rotatable bonds is 5. The maximum absolute atomic E-state index is 11.8. The van der Waals surface area contributed by atoms with Gasteiger partial charge in [-0.15, -0.1) is 0 Å². The number of carbonyl (C=O) groups excluding carboxylic acids is 2. The van der Waals surface area contributed by atoms with Crippen molar-refractivity contribution in [1.29, 1.82) is 0 Å². The number of hydrogen-bond acceptors (Lipinski definition) is 5. The van der Waals surface area contributed by atoms with Crippen molar-refractivity contribution in [2.45, 2.75) is 27.2 Å². The van der Waals surface area contributed by atoms with E-state index in [9.17, 15) is 24.9 Å². The highest BCUT2D eigenvalue weighted by molar-refractivity contribution is 5.95. The normalized spacial score (nSPS) is 11.0. The summed E-state index contributed by atoms with van der Waals surface area (Å²) in [7, 11) is 0. The van der Waals surface area contributed by atoms with Crippen LogP contribution in [0.2, 0.25) is 0 Å². The van der Waals surface area contributed by atoms with Crippen molar-refractivity contribution in [3.8, 4) is 17.2 Å². The summed E-state index contributed by atoms with van der Waals surface area (Å²) in [5.74, 6) is -2.46. The molecule has 0 aliphatic carbocycles. The van der Waals surface area contributed by atoms with Crippen LogP contribution >= 0.6 is 0 Å². The molecule has 0 bridgehead atoms. The van der Waals surface area contributed by atoms with Gasteiger partial charge in [0.15, 0.2) is 17.2 Å². The second kappa shape index (κ2) is 7.02. The monoisotopic (exact) mass is 310 g/mol. The first-order chi connectivity index (χ1) is 10.1. The van der Waals surface area contributed by atoms with Gasteiger partial charge in [0.05, 0.1) is 0 Å². The molecule has 7 nitrogen and oxygen atoms in total. The molecule has 0 aromatic heterocycles. The molecule has 1 rings (SSSR count). The van der Waals surface area contributed by atoms with Gasteiger partial charge in [0, 0.05) is 25.1 Å².